The highest BCUT2D eigenvalue weighted by Gasteiger charge is 2.21. The van der Waals surface area contributed by atoms with Crippen LogP contribution >= 0.6 is 0 Å². The number of rotatable bonds is 3. The third kappa shape index (κ3) is 2.64. The fourth-order valence-electron chi connectivity index (χ4n) is 2.99. The van der Waals surface area contributed by atoms with Gasteiger partial charge in [0.2, 0.25) is 11.8 Å². The molecule has 122 valence electrons. The Morgan fingerprint density at radius 1 is 1.29 bits per heavy atom. The second kappa shape index (κ2) is 5.84. The zero-order chi connectivity index (χ0) is 16.5. The molecule has 1 saturated heterocycles. The molecule has 7 nitrogen and oxygen atoms in total. The summed E-state index contributed by atoms with van der Waals surface area (Å²) in [5.74, 6) is -0.166. The number of fused-ring (bicyclic) bond motifs is 1. The van der Waals surface area contributed by atoms with Crippen LogP contribution in [0.3, 0.4) is 0 Å². The van der Waals surface area contributed by atoms with Gasteiger partial charge in [-0.25, -0.2) is 4.98 Å². The van der Waals surface area contributed by atoms with Gasteiger partial charge in [-0.2, -0.15) is 0 Å². The van der Waals surface area contributed by atoms with E-state index in [0.29, 0.717) is 13.1 Å². The lowest BCUT2D eigenvalue weighted by atomic mass is 10.2. The van der Waals surface area contributed by atoms with Crippen LogP contribution in [0.2, 0.25) is 0 Å². The second-order valence-electron chi connectivity index (χ2n) is 5.81. The summed E-state index contributed by atoms with van der Waals surface area (Å²) < 4.78 is 1.89. The minimum atomic E-state index is -0.107. The predicted octanol–water partition coefficient (Wildman–Crippen LogP) is 0.990. The number of pyridine rings is 1. The summed E-state index contributed by atoms with van der Waals surface area (Å²) >= 11 is 0. The molecular formula is C17H17N5O2. The Morgan fingerprint density at radius 2 is 2.21 bits per heavy atom. The summed E-state index contributed by atoms with van der Waals surface area (Å²) in [4.78, 5) is 33.1. The van der Waals surface area contributed by atoms with E-state index in [0.717, 1.165) is 22.4 Å². The topological polar surface area (TPSA) is 83.0 Å². The van der Waals surface area contributed by atoms with Crippen molar-refractivity contribution in [3.8, 4) is 11.4 Å². The van der Waals surface area contributed by atoms with Gasteiger partial charge in [0.15, 0.2) is 0 Å². The van der Waals surface area contributed by atoms with Crippen molar-refractivity contribution in [2.24, 2.45) is 0 Å². The molecule has 7 heteroatoms. The molecule has 0 unspecified atom stereocenters. The molecule has 1 fully saturated rings. The Hall–Kier alpha value is -3.09. The van der Waals surface area contributed by atoms with Crippen LogP contribution in [-0.4, -0.2) is 50.9 Å². The van der Waals surface area contributed by atoms with Crippen LogP contribution in [0.1, 0.15) is 0 Å². The highest BCUT2D eigenvalue weighted by molar-refractivity contribution is 5.86. The fraction of sp³-hybridized carbons (Fsp3) is 0.235. The molecule has 24 heavy (non-hydrogen) atoms. The smallest absolute Gasteiger partial charge is 0.243 e. The maximum absolute atomic E-state index is 12.5. The third-order valence-corrected chi connectivity index (χ3v) is 4.19. The molecule has 0 bridgehead atoms. The lowest BCUT2D eigenvalue weighted by Crippen LogP contribution is -2.50. The maximum atomic E-state index is 12.5. The van der Waals surface area contributed by atoms with Crippen molar-refractivity contribution in [2.45, 2.75) is 6.54 Å². The average molecular weight is 323 g/mol. The number of nitrogens with zero attached hydrogens (tertiary/aromatic N) is 3. The largest absolute Gasteiger partial charge is 0.353 e. The van der Waals surface area contributed by atoms with Crippen LogP contribution in [0.4, 0.5) is 0 Å². The van der Waals surface area contributed by atoms with Gasteiger partial charge >= 0.3 is 0 Å². The zero-order valence-corrected chi connectivity index (χ0v) is 13.0. The number of carbonyl (C=O) groups excluding carboxylic acids is 2. The molecular weight excluding hydrogens is 306 g/mol. The number of hydrogen-bond donors (Lipinski definition) is 2. The number of amides is 2. The van der Waals surface area contributed by atoms with Gasteiger partial charge in [0.1, 0.15) is 12.2 Å². The zero-order valence-electron chi connectivity index (χ0n) is 13.0. The van der Waals surface area contributed by atoms with Gasteiger partial charge in [0.25, 0.3) is 0 Å². The van der Waals surface area contributed by atoms with Gasteiger partial charge in [0.05, 0.1) is 17.9 Å². The van der Waals surface area contributed by atoms with E-state index in [1.54, 1.807) is 11.1 Å². The number of nitrogens with one attached hydrogen (secondary N) is 2. The van der Waals surface area contributed by atoms with E-state index in [-0.39, 0.29) is 24.9 Å². The van der Waals surface area contributed by atoms with Gasteiger partial charge in [-0.15, -0.1) is 0 Å². The first-order chi connectivity index (χ1) is 11.7. The summed E-state index contributed by atoms with van der Waals surface area (Å²) in [5, 5.41) is 3.75. The number of piperazine rings is 1. The molecule has 4 rings (SSSR count). The molecule has 0 radical (unpaired) electrons. The Balaban J connectivity index is 1.58. The summed E-state index contributed by atoms with van der Waals surface area (Å²) in [6.07, 6.45) is 3.61. The highest BCUT2D eigenvalue weighted by atomic mass is 16.2. The SMILES string of the molecule is O=C1CN(C(=O)Cn2cccc2-c2cc3cccnc3[nH]2)CCN1. The van der Waals surface area contributed by atoms with Gasteiger partial charge in [-0.3, -0.25) is 9.59 Å². The molecule has 0 spiro atoms. The summed E-state index contributed by atoms with van der Waals surface area (Å²) in [6.45, 7) is 1.40. The molecule has 2 N–H and O–H groups in total. The van der Waals surface area contributed by atoms with Crippen LogP contribution in [0.5, 0.6) is 0 Å². The second-order valence-corrected chi connectivity index (χ2v) is 5.81. The molecule has 3 aromatic rings. The van der Waals surface area contributed by atoms with Gasteiger partial charge < -0.3 is 19.8 Å². The molecule has 0 saturated carbocycles. The van der Waals surface area contributed by atoms with Gasteiger partial charge in [-0.05, 0) is 30.3 Å². The predicted molar refractivity (Wildman–Crippen MR) is 89.1 cm³/mol. The molecule has 4 heterocycles. The monoisotopic (exact) mass is 323 g/mol. The van der Waals surface area contributed by atoms with E-state index < -0.39 is 0 Å². The van der Waals surface area contributed by atoms with Crippen LogP contribution in [0.25, 0.3) is 22.4 Å². The van der Waals surface area contributed by atoms with Gasteiger partial charge in [-0.1, -0.05) is 0 Å². The van der Waals surface area contributed by atoms with Crippen molar-refractivity contribution in [1.82, 2.24) is 24.8 Å². The number of aromatic nitrogens is 3. The van der Waals surface area contributed by atoms with Crippen molar-refractivity contribution < 1.29 is 9.59 Å². The van der Waals surface area contributed by atoms with Crippen LogP contribution in [0, 0.1) is 0 Å². The normalized spacial score (nSPS) is 14.8. The van der Waals surface area contributed by atoms with Crippen molar-refractivity contribution in [2.75, 3.05) is 19.6 Å². The molecule has 1 aliphatic rings. The third-order valence-electron chi connectivity index (χ3n) is 4.19. The molecule has 0 atom stereocenters. The minimum Gasteiger partial charge on any atom is -0.353 e. The quantitative estimate of drug-likeness (QED) is 0.754. The number of aromatic amines is 1. The van der Waals surface area contributed by atoms with E-state index in [2.05, 4.69) is 15.3 Å². The van der Waals surface area contributed by atoms with E-state index in [9.17, 15) is 9.59 Å². The van der Waals surface area contributed by atoms with Crippen LogP contribution < -0.4 is 5.32 Å². The Kier molecular flexibility index (Phi) is 3.53. The Morgan fingerprint density at radius 3 is 3.04 bits per heavy atom. The lowest BCUT2D eigenvalue weighted by molar-refractivity contribution is -0.138. The first kappa shape index (κ1) is 14.5. The summed E-state index contributed by atoms with van der Waals surface area (Å²) in [6, 6.07) is 9.77. The van der Waals surface area contributed by atoms with E-state index >= 15 is 0 Å². The van der Waals surface area contributed by atoms with Crippen molar-refractivity contribution in [3.63, 3.8) is 0 Å². The fourth-order valence-corrected chi connectivity index (χ4v) is 2.99. The molecule has 0 aliphatic carbocycles. The first-order valence-corrected chi connectivity index (χ1v) is 7.84. The Bertz CT molecular complexity index is 877. The van der Waals surface area contributed by atoms with Crippen LogP contribution in [-0.2, 0) is 16.1 Å². The molecule has 2 amide bonds. The van der Waals surface area contributed by atoms with Crippen LogP contribution in [0.15, 0.2) is 42.7 Å². The summed E-state index contributed by atoms with van der Waals surface area (Å²) in [7, 11) is 0. The van der Waals surface area contributed by atoms with E-state index in [1.807, 2.05) is 41.1 Å². The van der Waals surface area contributed by atoms with Crippen molar-refractivity contribution >= 4 is 22.8 Å². The number of hydrogen-bond acceptors (Lipinski definition) is 3. The standard InChI is InChI=1S/C17H17N5O2/c23-15-10-22(8-6-18-15)16(24)11-21-7-2-4-14(21)13-9-12-3-1-5-19-17(12)20-13/h1-5,7,9H,6,8,10-11H2,(H,18,23)(H,19,20). The highest BCUT2D eigenvalue weighted by Crippen LogP contribution is 2.23. The summed E-state index contributed by atoms with van der Waals surface area (Å²) in [5.41, 5.74) is 2.65. The lowest BCUT2D eigenvalue weighted by Gasteiger charge is -2.27. The molecule has 3 aromatic heterocycles. The number of H-pyrrole nitrogens is 1. The Labute approximate surface area is 138 Å². The number of carbonyl (C=O) groups is 2. The van der Waals surface area contributed by atoms with Crippen molar-refractivity contribution in [3.05, 3.63) is 42.7 Å². The van der Waals surface area contributed by atoms with E-state index in [4.69, 9.17) is 0 Å². The van der Waals surface area contributed by atoms with Gasteiger partial charge in [0, 0.05) is 30.9 Å². The first-order valence-electron chi connectivity index (χ1n) is 7.84. The minimum absolute atomic E-state index is 0.0588. The average Bonchev–Trinajstić information content (AvgIpc) is 3.20. The maximum Gasteiger partial charge on any atom is 0.243 e. The molecule has 1 aliphatic heterocycles. The molecule has 0 aromatic carbocycles. The van der Waals surface area contributed by atoms with Crippen molar-refractivity contribution in [1.29, 1.82) is 0 Å². The van der Waals surface area contributed by atoms with E-state index in [1.165, 1.54) is 0 Å².